The molecule has 0 rings (SSSR count). The molecule has 82 heavy (non-hydrogen) atoms. The van der Waals surface area contributed by atoms with E-state index in [0.717, 1.165) is 116 Å². The summed E-state index contributed by atoms with van der Waals surface area (Å²) in [5, 5.41) is 0. The highest BCUT2D eigenvalue weighted by molar-refractivity contribution is 7.47. The number of carbonyl (C=O) groups is 2. The van der Waals surface area contributed by atoms with Crippen LogP contribution in [0.5, 0.6) is 0 Å². The number of ether oxygens (including phenoxy) is 2. The van der Waals surface area contributed by atoms with Crippen molar-refractivity contribution < 1.29 is 42.1 Å². The molecule has 0 amide bonds. The third-order valence-electron chi connectivity index (χ3n) is 13.4. The van der Waals surface area contributed by atoms with Gasteiger partial charge < -0.3 is 18.9 Å². The average Bonchev–Trinajstić information content (AvgIpc) is 3.46. The maximum absolute atomic E-state index is 12.8. The highest BCUT2D eigenvalue weighted by Gasteiger charge is 2.27. The Balaban J connectivity index is 4.07. The molecule has 0 bridgehead atoms. The molecule has 2 atom stereocenters. The number of phosphoric acid groups is 1. The molecule has 0 radical (unpaired) electrons. The number of likely N-dealkylation sites (N-methyl/N-ethyl adjacent to an activating group) is 1. The lowest BCUT2D eigenvalue weighted by Crippen LogP contribution is -2.37. The van der Waals surface area contributed by atoms with Crippen molar-refractivity contribution in [2.24, 2.45) is 0 Å². The minimum Gasteiger partial charge on any atom is -0.462 e. The van der Waals surface area contributed by atoms with Crippen molar-refractivity contribution in [3.8, 4) is 0 Å². The van der Waals surface area contributed by atoms with Crippen LogP contribution in [0.15, 0.2) is 146 Å². The predicted octanol–water partition coefficient (Wildman–Crippen LogP) is 21.0. The Hall–Kier alpha value is -4.11. The van der Waals surface area contributed by atoms with Gasteiger partial charge in [-0.25, -0.2) is 4.57 Å². The molecule has 0 saturated heterocycles. The molecule has 0 aliphatic rings. The molecule has 0 aromatic heterocycles. The summed E-state index contributed by atoms with van der Waals surface area (Å²) in [5.74, 6) is -0.839. The Morgan fingerprint density at radius 1 is 0.378 bits per heavy atom. The molecule has 0 heterocycles. The fourth-order valence-corrected chi connectivity index (χ4v) is 9.18. The SMILES string of the molecule is CC/C=C\C/C=C\C/C=C\C/C=C\C/C=C\C/C=C\C/C=C\CCCCCCCCCCCCCCCCCCCC(=O)OC(COC(=O)CCCCC/C=C\C/C=C\C/C=C\C/C=C\C/C=C\CC)COP(=O)(O)OCC[N+](C)(C)C. The topological polar surface area (TPSA) is 108 Å². The lowest BCUT2D eigenvalue weighted by molar-refractivity contribution is -0.870. The summed E-state index contributed by atoms with van der Waals surface area (Å²) in [6, 6.07) is 0. The van der Waals surface area contributed by atoms with Gasteiger partial charge in [-0.2, -0.15) is 0 Å². The van der Waals surface area contributed by atoms with Gasteiger partial charge in [-0.1, -0.05) is 262 Å². The van der Waals surface area contributed by atoms with E-state index in [1.54, 1.807) is 0 Å². The number of unbranched alkanes of at least 4 members (excludes halogenated alkanes) is 20. The Morgan fingerprint density at radius 2 is 0.659 bits per heavy atom. The Bertz CT molecular complexity index is 1890. The third-order valence-corrected chi connectivity index (χ3v) is 14.3. The van der Waals surface area contributed by atoms with Crippen LogP contribution in [-0.4, -0.2) is 74.9 Å². The summed E-state index contributed by atoms with van der Waals surface area (Å²) in [4.78, 5) is 35.7. The van der Waals surface area contributed by atoms with Crippen LogP contribution in [0.2, 0.25) is 0 Å². The van der Waals surface area contributed by atoms with Crippen molar-refractivity contribution >= 4 is 19.8 Å². The van der Waals surface area contributed by atoms with Crippen LogP contribution in [0.4, 0.5) is 0 Å². The van der Waals surface area contributed by atoms with E-state index in [2.05, 4.69) is 160 Å². The third kappa shape index (κ3) is 65.0. The molecule has 0 aromatic rings. The van der Waals surface area contributed by atoms with Gasteiger partial charge in [0.2, 0.25) is 0 Å². The van der Waals surface area contributed by atoms with Gasteiger partial charge in [0.15, 0.2) is 6.10 Å². The van der Waals surface area contributed by atoms with Gasteiger partial charge in [0.25, 0.3) is 0 Å². The molecule has 0 fully saturated rings. The first-order chi connectivity index (χ1) is 40.0. The Morgan fingerprint density at radius 3 is 0.988 bits per heavy atom. The molecule has 0 aliphatic heterocycles. The van der Waals surface area contributed by atoms with Crippen LogP contribution >= 0.6 is 7.82 Å². The smallest absolute Gasteiger partial charge is 0.462 e. The van der Waals surface area contributed by atoms with Crippen molar-refractivity contribution in [1.82, 2.24) is 0 Å². The predicted molar refractivity (Wildman–Crippen MR) is 353 cm³/mol. The second kappa shape index (κ2) is 61.5. The minimum atomic E-state index is -4.40. The molecule has 1 N–H and O–H groups in total. The fourth-order valence-electron chi connectivity index (χ4n) is 8.43. The van der Waals surface area contributed by atoms with Crippen molar-refractivity contribution in [2.75, 3.05) is 47.5 Å². The number of allylic oxidation sites excluding steroid dienone is 24. The summed E-state index contributed by atoms with van der Waals surface area (Å²) in [5.41, 5.74) is 0. The van der Waals surface area contributed by atoms with E-state index in [-0.39, 0.29) is 26.1 Å². The van der Waals surface area contributed by atoms with Gasteiger partial charge in [0, 0.05) is 12.8 Å². The highest BCUT2D eigenvalue weighted by atomic mass is 31.2. The number of hydrogen-bond acceptors (Lipinski definition) is 7. The van der Waals surface area contributed by atoms with Crippen molar-refractivity contribution in [2.45, 2.75) is 251 Å². The number of carbonyl (C=O) groups excluding carboxylic acids is 2. The van der Waals surface area contributed by atoms with Crippen LogP contribution in [0.1, 0.15) is 245 Å². The Labute approximate surface area is 503 Å². The molecular weight excluding hydrogens is 1040 g/mol. The average molecular weight is 1160 g/mol. The van der Waals surface area contributed by atoms with E-state index < -0.39 is 32.5 Å². The van der Waals surface area contributed by atoms with E-state index in [4.69, 9.17) is 18.5 Å². The standard InChI is InChI=1S/C72H120NO8P/c1-6-8-10-12-14-16-18-20-22-24-26-27-28-29-30-31-32-33-34-35-36-37-38-39-40-41-42-43-44-45-47-49-51-53-55-57-59-61-63-65-72(75)81-70(69-80-82(76,77)79-67-66-73(3,4)5)68-78-71(74)64-62-60-58-56-54-52-50-48-46-25-23-21-19-17-15-13-11-9-7-2/h8-11,14-17,20-23,26-27,29-30,32-33,35-36,46,48,52,54,70H,6-7,12-13,18-19,24-25,28,31,34,37-45,47,49-51,53,55-69H2,1-5H3/p+1/b10-8-,11-9-,16-14-,17-15-,22-20-,23-21-,27-26-,30-29-,33-32-,36-35-,48-46-,54-52-. The van der Waals surface area contributed by atoms with Crippen molar-refractivity contribution in [1.29, 1.82) is 0 Å². The quantitative estimate of drug-likeness (QED) is 0.0211. The fraction of sp³-hybridized carbons (Fsp3) is 0.639. The first-order valence-corrected chi connectivity index (χ1v) is 34.1. The maximum atomic E-state index is 12.8. The molecule has 10 heteroatoms. The van der Waals surface area contributed by atoms with Crippen molar-refractivity contribution in [3.05, 3.63) is 146 Å². The summed E-state index contributed by atoms with van der Waals surface area (Å²) < 4.78 is 34.6. The van der Waals surface area contributed by atoms with Crippen LogP contribution in [0.25, 0.3) is 0 Å². The maximum Gasteiger partial charge on any atom is 0.472 e. The summed E-state index contributed by atoms with van der Waals surface area (Å²) in [7, 11) is 1.44. The molecule has 2 unspecified atom stereocenters. The van der Waals surface area contributed by atoms with E-state index in [1.165, 1.54) is 89.9 Å². The lowest BCUT2D eigenvalue weighted by Gasteiger charge is -2.24. The molecule has 0 saturated carbocycles. The second-order valence-corrected chi connectivity index (χ2v) is 23.8. The van der Waals surface area contributed by atoms with E-state index >= 15 is 0 Å². The van der Waals surface area contributed by atoms with E-state index in [1.807, 2.05) is 21.1 Å². The monoisotopic (exact) mass is 1160 g/mol. The van der Waals surface area contributed by atoms with E-state index in [9.17, 15) is 19.0 Å². The van der Waals surface area contributed by atoms with Gasteiger partial charge in [-0.3, -0.25) is 18.6 Å². The van der Waals surface area contributed by atoms with Gasteiger partial charge in [0.1, 0.15) is 19.8 Å². The summed E-state index contributed by atoms with van der Waals surface area (Å²) >= 11 is 0. The number of quaternary nitrogens is 1. The Kier molecular flexibility index (Phi) is 58.4. The number of hydrogen-bond donors (Lipinski definition) is 1. The number of phosphoric ester groups is 1. The molecule has 9 nitrogen and oxygen atoms in total. The lowest BCUT2D eigenvalue weighted by atomic mass is 10.0. The van der Waals surface area contributed by atoms with Crippen molar-refractivity contribution in [3.63, 3.8) is 0 Å². The molecule has 0 spiro atoms. The van der Waals surface area contributed by atoms with E-state index in [0.29, 0.717) is 23.9 Å². The number of esters is 2. The zero-order chi connectivity index (χ0) is 59.8. The first-order valence-electron chi connectivity index (χ1n) is 32.6. The molecular formula is C72H121NO8P+. The van der Waals surface area contributed by atoms with Gasteiger partial charge in [0.05, 0.1) is 27.7 Å². The minimum absolute atomic E-state index is 0.0200. The zero-order valence-corrected chi connectivity index (χ0v) is 53.8. The molecule has 0 aromatic carbocycles. The van der Waals surface area contributed by atoms with Crippen LogP contribution in [0, 0.1) is 0 Å². The first kappa shape index (κ1) is 77.9. The zero-order valence-electron chi connectivity index (χ0n) is 52.9. The molecule has 0 aliphatic carbocycles. The largest absolute Gasteiger partial charge is 0.472 e. The second-order valence-electron chi connectivity index (χ2n) is 22.4. The van der Waals surface area contributed by atoms with Crippen LogP contribution < -0.4 is 0 Å². The summed E-state index contributed by atoms with van der Waals surface area (Å²) in [6.07, 6.45) is 90.9. The van der Waals surface area contributed by atoms with Gasteiger partial charge in [-0.05, 0) is 116 Å². The van der Waals surface area contributed by atoms with Gasteiger partial charge in [-0.15, -0.1) is 0 Å². The number of nitrogens with zero attached hydrogens (tertiary/aromatic N) is 1. The normalized spacial score (nSPS) is 14.2. The number of rotatable bonds is 58. The van der Waals surface area contributed by atoms with Gasteiger partial charge >= 0.3 is 19.8 Å². The van der Waals surface area contributed by atoms with Crippen LogP contribution in [-0.2, 0) is 32.7 Å². The highest BCUT2D eigenvalue weighted by Crippen LogP contribution is 2.43. The van der Waals surface area contributed by atoms with Crippen LogP contribution in [0.3, 0.4) is 0 Å². The molecule has 466 valence electrons. The summed E-state index contributed by atoms with van der Waals surface area (Å²) in [6.45, 7) is 4.16.